The SMILES string of the molecule is CCc1ccc(S(N)(=O)=NC#N)cc1. The fourth-order valence-electron chi connectivity index (χ4n) is 1.03. The van der Waals surface area contributed by atoms with Gasteiger partial charge in [0.15, 0.2) is 0 Å². The fourth-order valence-corrected chi connectivity index (χ4v) is 1.79. The van der Waals surface area contributed by atoms with Crippen molar-refractivity contribution >= 4 is 9.92 Å². The van der Waals surface area contributed by atoms with E-state index in [9.17, 15) is 4.21 Å². The number of benzene rings is 1. The van der Waals surface area contributed by atoms with Gasteiger partial charge < -0.3 is 0 Å². The summed E-state index contributed by atoms with van der Waals surface area (Å²) in [6.45, 7) is 2.02. The second kappa shape index (κ2) is 4.22. The van der Waals surface area contributed by atoms with Crippen LogP contribution in [0.2, 0.25) is 0 Å². The summed E-state index contributed by atoms with van der Waals surface area (Å²) in [6, 6.07) is 6.94. The highest BCUT2D eigenvalue weighted by molar-refractivity contribution is 7.91. The molecule has 1 unspecified atom stereocenters. The van der Waals surface area contributed by atoms with Crippen molar-refractivity contribution in [1.29, 1.82) is 5.26 Å². The predicted molar refractivity (Wildman–Crippen MR) is 54.5 cm³/mol. The van der Waals surface area contributed by atoms with Crippen LogP contribution >= 0.6 is 0 Å². The Morgan fingerprint density at radius 2 is 2.07 bits per heavy atom. The zero-order valence-corrected chi connectivity index (χ0v) is 8.62. The zero-order chi connectivity index (χ0) is 10.6. The Bertz CT molecular complexity index is 464. The molecule has 1 aromatic carbocycles. The normalized spacial score (nSPS) is 14.1. The summed E-state index contributed by atoms with van der Waals surface area (Å²) < 4.78 is 14.8. The molecule has 14 heavy (non-hydrogen) atoms. The van der Waals surface area contributed by atoms with Gasteiger partial charge in [-0.15, -0.1) is 4.36 Å². The van der Waals surface area contributed by atoms with Crippen molar-refractivity contribution in [1.82, 2.24) is 0 Å². The van der Waals surface area contributed by atoms with E-state index in [1.807, 2.05) is 19.1 Å². The molecule has 1 rings (SSSR count). The molecule has 0 bridgehead atoms. The summed E-state index contributed by atoms with van der Waals surface area (Å²) in [5.41, 5.74) is 1.13. The third-order valence-electron chi connectivity index (χ3n) is 1.85. The average molecular weight is 209 g/mol. The number of nitrogens with two attached hydrogens (primary N) is 1. The van der Waals surface area contributed by atoms with E-state index in [4.69, 9.17) is 10.4 Å². The van der Waals surface area contributed by atoms with Gasteiger partial charge >= 0.3 is 0 Å². The van der Waals surface area contributed by atoms with Gasteiger partial charge in [-0.2, -0.15) is 5.26 Å². The minimum absolute atomic E-state index is 0.385. The van der Waals surface area contributed by atoms with E-state index in [1.54, 1.807) is 12.1 Å². The number of aryl methyl sites for hydroxylation is 1. The minimum atomic E-state index is -3.02. The first-order chi connectivity index (χ1) is 6.60. The van der Waals surface area contributed by atoms with Crippen LogP contribution in [0.1, 0.15) is 12.5 Å². The van der Waals surface area contributed by atoms with Gasteiger partial charge in [0.1, 0.15) is 9.92 Å². The van der Waals surface area contributed by atoms with Crippen molar-refractivity contribution < 1.29 is 4.21 Å². The highest BCUT2D eigenvalue weighted by Crippen LogP contribution is 2.10. The van der Waals surface area contributed by atoms with E-state index in [2.05, 4.69) is 4.36 Å². The van der Waals surface area contributed by atoms with Crippen molar-refractivity contribution in [2.75, 3.05) is 0 Å². The maximum atomic E-state index is 11.6. The Balaban J connectivity index is 3.18. The lowest BCUT2D eigenvalue weighted by molar-refractivity contribution is 0.678. The van der Waals surface area contributed by atoms with Crippen molar-refractivity contribution in [2.45, 2.75) is 18.2 Å². The summed E-state index contributed by atoms with van der Waals surface area (Å²) >= 11 is 0. The second-order valence-corrected chi connectivity index (χ2v) is 4.55. The van der Waals surface area contributed by atoms with Crippen LogP contribution < -0.4 is 5.14 Å². The van der Waals surface area contributed by atoms with Crippen LogP contribution in [0, 0.1) is 11.5 Å². The van der Waals surface area contributed by atoms with Crippen LogP contribution in [0.3, 0.4) is 0 Å². The standard InChI is InChI=1S/C9H11N3OS/c1-2-8-3-5-9(6-4-8)14(11,13)12-7-10/h3-6H,2H2,1H3,(H2,11,12,13). The molecular weight excluding hydrogens is 198 g/mol. The molecule has 0 aliphatic rings. The van der Waals surface area contributed by atoms with Crippen LogP contribution in [0.4, 0.5) is 0 Å². The first kappa shape index (κ1) is 10.7. The number of hydrogen-bond acceptors (Lipinski definition) is 3. The average Bonchev–Trinajstić information content (AvgIpc) is 2.18. The van der Waals surface area contributed by atoms with Crippen molar-refractivity contribution in [3.63, 3.8) is 0 Å². The Morgan fingerprint density at radius 3 is 2.50 bits per heavy atom. The van der Waals surface area contributed by atoms with Crippen LogP contribution in [-0.2, 0) is 16.3 Å². The van der Waals surface area contributed by atoms with E-state index in [0.717, 1.165) is 12.0 Å². The van der Waals surface area contributed by atoms with Crippen LogP contribution in [0.15, 0.2) is 33.5 Å². The monoisotopic (exact) mass is 209 g/mol. The molecule has 1 aromatic rings. The molecule has 0 aliphatic carbocycles. The molecule has 1 atom stereocenters. The van der Waals surface area contributed by atoms with Crippen LogP contribution in [0.25, 0.3) is 0 Å². The van der Waals surface area contributed by atoms with Gasteiger partial charge in [0.2, 0.25) is 6.19 Å². The third kappa shape index (κ3) is 2.31. The Kier molecular flexibility index (Phi) is 3.23. The quantitative estimate of drug-likeness (QED) is 0.748. The smallest absolute Gasteiger partial charge is 0.216 e. The van der Waals surface area contributed by atoms with Gasteiger partial charge in [-0.05, 0) is 24.1 Å². The lowest BCUT2D eigenvalue weighted by atomic mass is 10.2. The molecule has 74 valence electrons. The summed E-state index contributed by atoms with van der Waals surface area (Å²) in [7, 11) is -3.02. The molecular formula is C9H11N3OS. The molecule has 2 N–H and O–H groups in total. The fraction of sp³-hybridized carbons (Fsp3) is 0.222. The highest BCUT2D eigenvalue weighted by Gasteiger charge is 2.05. The number of nitriles is 1. The maximum Gasteiger partial charge on any atom is 0.216 e. The van der Waals surface area contributed by atoms with Gasteiger partial charge in [-0.3, -0.25) is 0 Å². The Morgan fingerprint density at radius 1 is 1.50 bits per heavy atom. The number of rotatable bonds is 2. The van der Waals surface area contributed by atoms with E-state index in [1.165, 1.54) is 6.19 Å². The van der Waals surface area contributed by atoms with E-state index in [0.29, 0.717) is 4.90 Å². The van der Waals surface area contributed by atoms with E-state index in [-0.39, 0.29) is 0 Å². The first-order valence-corrected chi connectivity index (χ1v) is 5.70. The van der Waals surface area contributed by atoms with Crippen LogP contribution in [0.5, 0.6) is 0 Å². The lowest BCUT2D eigenvalue weighted by Crippen LogP contribution is -2.11. The van der Waals surface area contributed by atoms with Gasteiger partial charge in [-0.25, -0.2) is 9.35 Å². The minimum Gasteiger partial charge on any atom is -0.240 e. The maximum absolute atomic E-state index is 11.6. The van der Waals surface area contributed by atoms with Crippen LogP contribution in [-0.4, -0.2) is 4.21 Å². The van der Waals surface area contributed by atoms with E-state index >= 15 is 0 Å². The predicted octanol–water partition coefficient (Wildman–Crippen LogP) is 1.43. The lowest BCUT2D eigenvalue weighted by Gasteiger charge is -2.02. The third-order valence-corrected chi connectivity index (χ3v) is 3.15. The molecule has 0 aromatic heterocycles. The van der Waals surface area contributed by atoms with Crippen molar-refractivity contribution in [3.8, 4) is 6.19 Å². The summed E-state index contributed by atoms with van der Waals surface area (Å²) in [4.78, 5) is 0.385. The summed E-state index contributed by atoms with van der Waals surface area (Å²) in [6.07, 6.45) is 2.36. The zero-order valence-electron chi connectivity index (χ0n) is 7.80. The van der Waals surface area contributed by atoms with Gasteiger partial charge in [-0.1, -0.05) is 19.1 Å². The molecule has 0 saturated heterocycles. The van der Waals surface area contributed by atoms with Gasteiger partial charge in [0.05, 0.1) is 4.90 Å². The van der Waals surface area contributed by atoms with E-state index < -0.39 is 9.92 Å². The molecule has 0 radical (unpaired) electrons. The number of hydrogen-bond donors (Lipinski definition) is 1. The summed E-state index contributed by atoms with van der Waals surface area (Å²) in [5, 5.41) is 13.7. The van der Waals surface area contributed by atoms with Gasteiger partial charge in [0.25, 0.3) is 0 Å². The highest BCUT2D eigenvalue weighted by atomic mass is 32.2. The molecule has 0 spiro atoms. The number of nitrogens with zero attached hydrogens (tertiary/aromatic N) is 2. The van der Waals surface area contributed by atoms with Crippen molar-refractivity contribution in [3.05, 3.63) is 29.8 Å². The molecule has 5 heteroatoms. The molecule has 0 fully saturated rings. The largest absolute Gasteiger partial charge is 0.240 e. The molecule has 0 saturated carbocycles. The molecule has 0 heterocycles. The molecule has 0 aliphatic heterocycles. The second-order valence-electron chi connectivity index (χ2n) is 2.76. The summed E-state index contributed by atoms with van der Waals surface area (Å²) in [5.74, 6) is 0. The topological polar surface area (TPSA) is 79.2 Å². The molecule has 4 nitrogen and oxygen atoms in total. The van der Waals surface area contributed by atoms with Crippen molar-refractivity contribution in [2.24, 2.45) is 9.50 Å². The molecule has 0 amide bonds. The Labute approximate surface area is 83.7 Å². The van der Waals surface area contributed by atoms with Gasteiger partial charge in [0, 0.05) is 0 Å². The Hall–Kier alpha value is -1.38. The first-order valence-electron chi connectivity index (χ1n) is 4.12.